The van der Waals surface area contributed by atoms with E-state index in [0.29, 0.717) is 50.7 Å². The van der Waals surface area contributed by atoms with E-state index >= 15 is 0 Å². The Labute approximate surface area is 196 Å². The summed E-state index contributed by atoms with van der Waals surface area (Å²) in [6.45, 7) is 4.80. The topological polar surface area (TPSA) is 77.9 Å². The first-order chi connectivity index (χ1) is 16.2. The van der Waals surface area contributed by atoms with Gasteiger partial charge in [-0.2, -0.15) is 13.2 Å². The third kappa shape index (κ3) is 5.98. The SMILES string of the molecule is Cc1ccc(NC(=O)N2CC[C@@H](CC(F)(F)F)C2)cc1-c1cc(CO)nc(N2CCOCC2)c1. The van der Waals surface area contributed by atoms with Gasteiger partial charge in [-0.05, 0) is 60.2 Å². The number of benzene rings is 1. The maximum atomic E-state index is 12.7. The van der Waals surface area contributed by atoms with Crippen molar-refractivity contribution in [1.82, 2.24) is 9.88 Å². The first-order valence-electron chi connectivity index (χ1n) is 11.4. The molecule has 1 atom stereocenters. The van der Waals surface area contributed by atoms with Crippen LogP contribution in [0.25, 0.3) is 11.1 Å². The first kappa shape index (κ1) is 24.3. The zero-order valence-corrected chi connectivity index (χ0v) is 19.1. The molecule has 0 unspecified atom stereocenters. The predicted octanol–water partition coefficient (Wildman–Crippen LogP) is 4.19. The zero-order chi connectivity index (χ0) is 24.3. The quantitative estimate of drug-likeness (QED) is 0.674. The number of alkyl halides is 3. The van der Waals surface area contributed by atoms with Crippen molar-refractivity contribution in [3.63, 3.8) is 0 Å². The summed E-state index contributed by atoms with van der Waals surface area (Å²) in [7, 11) is 0. The molecule has 1 aromatic heterocycles. The second-order valence-electron chi connectivity index (χ2n) is 8.84. The summed E-state index contributed by atoms with van der Waals surface area (Å²) >= 11 is 0. The number of urea groups is 1. The lowest BCUT2D eigenvalue weighted by atomic mass is 9.99. The molecule has 2 N–H and O–H groups in total. The molecule has 2 amide bonds. The Balaban J connectivity index is 1.52. The van der Waals surface area contributed by atoms with E-state index in [1.165, 1.54) is 4.90 Å². The summed E-state index contributed by atoms with van der Waals surface area (Å²) in [4.78, 5) is 20.8. The minimum Gasteiger partial charge on any atom is -0.390 e. The van der Waals surface area contributed by atoms with Crippen molar-refractivity contribution in [1.29, 1.82) is 0 Å². The van der Waals surface area contributed by atoms with E-state index in [2.05, 4.69) is 15.2 Å². The van der Waals surface area contributed by atoms with Gasteiger partial charge in [-0.1, -0.05) is 6.07 Å². The van der Waals surface area contributed by atoms with E-state index in [1.807, 2.05) is 31.2 Å². The largest absolute Gasteiger partial charge is 0.390 e. The maximum absolute atomic E-state index is 12.7. The number of pyridine rings is 1. The fourth-order valence-corrected chi connectivity index (χ4v) is 4.49. The van der Waals surface area contributed by atoms with Crippen molar-refractivity contribution >= 4 is 17.5 Å². The van der Waals surface area contributed by atoms with Crippen LogP contribution in [0.4, 0.5) is 29.5 Å². The lowest BCUT2D eigenvalue weighted by Crippen LogP contribution is -2.36. The van der Waals surface area contributed by atoms with Crippen molar-refractivity contribution < 1.29 is 27.8 Å². The van der Waals surface area contributed by atoms with Gasteiger partial charge in [-0.25, -0.2) is 9.78 Å². The third-order valence-electron chi connectivity index (χ3n) is 6.25. The molecule has 10 heteroatoms. The number of morpholine rings is 1. The molecule has 0 radical (unpaired) electrons. The molecule has 1 aromatic carbocycles. The Bertz CT molecular complexity index is 1030. The van der Waals surface area contributed by atoms with E-state index in [-0.39, 0.29) is 13.2 Å². The molecule has 0 bridgehead atoms. The Hall–Kier alpha value is -2.85. The number of hydrogen-bond donors (Lipinski definition) is 2. The van der Waals surface area contributed by atoms with Gasteiger partial charge in [0.15, 0.2) is 0 Å². The monoisotopic (exact) mass is 478 g/mol. The number of aryl methyl sites for hydroxylation is 1. The van der Waals surface area contributed by atoms with Gasteiger partial charge in [-0.15, -0.1) is 0 Å². The fraction of sp³-hybridized carbons (Fsp3) is 0.500. The van der Waals surface area contributed by atoms with Crippen LogP contribution in [0.2, 0.25) is 0 Å². The number of carbonyl (C=O) groups is 1. The summed E-state index contributed by atoms with van der Waals surface area (Å²) < 4.78 is 43.5. The summed E-state index contributed by atoms with van der Waals surface area (Å²) in [5, 5.41) is 12.6. The second kappa shape index (κ2) is 10.2. The Kier molecular flexibility index (Phi) is 7.27. The molecule has 184 valence electrons. The van der Waals surface area contributed by atoms with Crippen molar-refractivity contribution in [2.45, 2.75) is 32.5 Å². The van der Waals surface area contributed by atoms with Crippen LogP contribution in [0.1, 0.15) is 24.1 Å². The highest BCUT2D eigenvalue weighted by atomic mass is 19.4. The van der Waals surface area contributed by atoms with Crippen LogP contribution in [-0.4, -0.2) is 66.6 Å². The minimum absolute atomic E-state index is 0.0944. The van der Waals surface area contributed by atoms with Gasteiger partial charge in [0.2, 0.25) is 0 Å². The van der Waals surface area contributed by atoms with E-state index in [0.717, 1.165) is 22.5 Å². The van der Waals surface area contributed by atoms with Crippen LogP contribution >= 0.6 is 0 Å². The fourth-order valence-electron chi connectivity index (χ4n) is 4.49. The van der Waals surface area contributed by atoms with Gasteiger partial charge in [0.25, 0.3) is 0 Å². The molecule has 2 aromatic rings. The number of nitrogens with zero attached hydrogens (tertiary/aromatic N) is 3. The highest BCUT2D eigenvalue weighted by molar-refractivity contribution is 5.90. The van der Waals surface area contributed by atoms with Crippen LogP contribution in [0.5, 0.6) is 0 Å². The number of nitrogens with one attached hydrogen (secondary N) is 1. The molecule has 0 saturated carbocycles. The molecule has 4 rings (SSSR count). The van der Waals surface area contributed by atoms with Crippen molar-refractivity contribution in [3.05, 3.63) is 41.6 Å². The number of hydrogen-bond acceptors (Lipinski definition) is 5. The Morgan fingerprint density at radius 3 is 2.68 bits per heavy atom. The molecule has 0 spiro atoms. The smallest absolute Gasteiger partial charge is 0.389 e. The number of anilines is 2. The molecule has 2 fully saturated rings. The van der Waals surface area contributed by atoms with Gasteiger partial charge >= 0.3 is 12.2 Å². The zero-order valence-electron chi connectivity index (χ0n) is 19.1. The summed E-state index contributed by atoms with van der Waals surface area (Å²) in [6, 6.07) is 8.88. The van der Waals surface area contributed by atoms with Crippen LogP contribution in [0.15, 0.2) is 30.3 Å². The average Bonchev–Trinajstić information content (AvgIpc) is 3.27. The van der Waals surface area contributed by atoms with Crippen LogP contribution in [-0.2, 0) is 11.3 Å². The number of aliphatic hydroxyl groups is 1. The molecule has 2 aliphatic heterocycles. The van der Waals surface area contributed by atoms with Crippen LogP contribution in [0.3, 0.4) is 0 Å². The van der Waals surface area contributed by atoms with Crippen LogP contribution < -0.4 is 10.2 Å². The average molecular weight is 479 g/mol. The molecular formula is C24H29F3N4O3. The lowest BCUT2D eigenvalue weighted by Gasteiger charge is -2.28. The number of ether oxygens (including phenoxy) is 1. The van der Waals surface area contributed by atoms with E-state index in [1.54, 1.807) is 6.07 Å². The lowest BCUT2D eigenvalue weighted by molar-refractivity contribution is -0.143. The molecule has 0 aliphatic carbocycles. The van der Waals surface area contributed by atoms with E-state index < -0.39 is 24.5 Å². The first-order valence-corrected chi connectivity index (χ1v) is 11.4. The van der Waals surface area contributed by atoms with Crippen molar-refractivity contribution in [2.24, 2.45) is 5.92 Å². The van der Waals surface area contributed by atoms with Crippen molar-refractivity contribution in [3.8, 4) is 11.1 Å². The van der Waals surface area contributed by atoms with Gasteiger partial charge < -0.3 is 25.0 Å². The highest BCUT2D eigenvalue weighted by Crippen LogP contribution is 2.32. The summed E-state index contributed by atoms with van der Waals surface area (Å²) in [6.07, 6.45) is -4.75. The minimum atomic E-state index is -4.22. The van der Waals surface area contributed by atoms with Gasteiger partial charge in [0.1, 0.15) is 5.82 Å². The molecule has 2 aliphatic rings. The molecule has 34 heavy (non-hydrogen) atoms. The second-order valence-corrected chi connectivity index (χ2v) is 8.84. The number of carbonyl (C=O) groups excluding carboxylic acids is 1. The number of halogens is 3. The normalized spacial score (nSPS) is 18.9. The number of aromatic nitrogens is 1. The third-order valence-corrected chi connectivity index (χ3v) is 6.25. The molecule has 3 heterocycles. The number of rotatable bonds is 5. The van der Waals surface area contributed by atoms with Crippen LogP contribution in [0, 0.1) is 12.8 Å². The summed E-state index contributed by atoms with van der Waals surface area (Å²) in [5.41, 5.74) is 3.81. The van der Waals surface area contributed by atoms with E-state index in [4.69, 9.17) is 4.74 Å². The van der Waals surface area contributed by atoms with Gasteiger partial charge in [0, 0.05) is 38.3 Å². The van der Waals surface area contributed by atoms with Gasteiger partial charge in [-0.3, -0.25) is 0 Å². The predicted molar refractivity (Wildman–Crippen MR) is 123 cm³/mol. The van der Waals surface area contributed by atoms with Gasteiger partial charge in [0.05, 0.1) is 25.5 Å². The number of amides is 2. The van der Waals surface area contributed by atoms with E-state index in [9.17, 15) is 23.1 Å². The molecular weight excluding hydrogens is 449 g/mol. The molecule has 7 nitrogen and oxygen atoms in total. The van der Waals surface area contributed by atoms with Crippen molar-refractivity contribution in [2.75, 3.05) is 49.6 Å². The highest BCUT2D eigenvalue weighted by Gasteiger charge is 2.36. The summed E-state index contributed by atoms with van der Waals surface area (Å²) in [5.74, 6) is 0.193. The number of aliphatic hydroxyl groups excluding tert-OH is 1. The maximum Gasteiger partial charge on any atom is 0.389 e. The standard InChI is InChI=1S/C24H29F3N4O3/c1-16-2-3-19(29-23(33)31-5-4-17(14-31)13-24(25,26)27)12-21(16)18-10-20(15-32)28-22(11-18)30-6-8-34-9-7-30/h2-3,10-12,17,32H,4-9,13-15H2,1H3,(H,29,33)/t17-/m0/s1. The Morgan fingerprint density at radius 1 is 1.21 bits per heavy atom. The molecule has 2 saturated heterocycles. The number of likely N-dealkylation sites (tertiary alicyclic amines) is 1. The Morgan fingerprint density at radius 2 is 1.97 bits per heavy atom.